The predicted octanol–water partition coefficient (Wildman–Crippen LogP) is 3.30. The number of guanidine groups is 1. The van der Waals surface area contributed by atoms with E-state index in [1.807, 2.05) is 18.2 Å². The van der Waals surface area contributed by atoms with Crippen LogP contribution in [0.3, 0.4) is 0 Å². The molecule has 5 nitrogen and oxygen atoms in total. The molecule has 0 fully saturated rings. The molecule has 1 aromatic heterocycles. The highest BCUT2D eigenvalue weighted by molar-refractivity contribution is 7.07. The number of nitrogens with one attached hydrogen (secondary N) is 1. The van der Waals surface area contributed by atoms with Gasteiger partial charge in [0.25, 0.3) is 0 Å². The molecule has 0 saturated carbocycles. The second-order valence-electron chi connectivity index (χ2n) is 4.87. The Bertz CT molecular complexity index is 626. The third-order valence-corrected chi connectivity index (χ3v) is 4.02. The van der Waals surface area contributed by atoms with Crippen molar-refractivity contribution in [3.05, 3.63) is 40.6 Å². The van der Waals surface area contributed by atoms with Crippen molar-refractivity contribution in [2.24, 2.45) is 10.7 Å². The third-order valence-electron chi connectivity index (χ3n) is 3.32. The highest BCUT2D eigenvalue weighted by Gasteiger charge is 2.08. The van der Waals surface area contributed by atoms with Crippen LogP contribution in [0.15, 0.2) is 40.0 Å². The number of hydrogen-bond donors (Lipinski definition) is 2. The van der Waals surface area contributed by atoms with Gasteiger partial charge in [0.15, 0.2) is 5.96 Å². The molecule has 6 heteroatoms. The van der Waals surface area contributed by atoms with E-state index in [9.17, 15) is 0 Å². The monoisotopic (exact) mass is 319 g/mol. The van der Waals surface area contributed by atoms with Gasteiger partial charge in [0.2, 0.25) is 0 Å². The van der Waals surface area contributed by atoms with Crippen LogP contribution in [0, 0.1) is 0 Å². The Balaban J connectivity index is 2.04. The molecule has 22 heavy (non-hydrogen) atoms. The summed E-state index contributed by atoms with van der Waals surface area (Å²) in [6.07, 6.45) is 0. The fourth-order valence-electron chi connectivity index (χ4n) is 1.99. The van der Waals surface area contributed by atoms with E-state index in [0.29, 0.717) is 24.2 Å². The van der Waals surface area contributed by atoms with Crippen LogP contribution in [0.2, 0.25) is 0 Å². The summed E-state index contributed by atoms with van der Waals surface area (Å²) in [7, 11) is 3.23. The van der Waals surface area contributed by atoms with E-state index < -0.39 is 0 Å². The first-order valence-corrected chi connectivity index (χ1v) is 7.89. The molecule has 0 aliphatic rings. The van der Waals surface area contributed by atoms with Crippen molar-refractivity contribution in [2.75, 3.05) is 26.1 Å². The molecule has 1 heterocycles. The normalized spacial score (nSPS) is 12.8. The van der Waals surface area contributed by atoms with Crippen LogP contribution in [-0.2, 0) is 0 Å². The summed E-state index contributed by atoms with van der Waals surface area (Å²) in [4.78, 5) is 4.40. The summed E-state index contributed by atoms with van der Waals surface area (Å²) in [6.45, 7) is 2.76. The summed E-state index contributed by atoms with van der Waals surface area (Å²) in [6, 6.07) is 7.58. The first-order chi connectivity index (χ1) is 10.6. The number of ether oxygens (including phenoxy) is 2. The maximum atomic E-state index is 5.97. The van der Waals surface area contributed by atoms with Gasteiger partial charge in [-0.3, -0.25) is 4.99 Å². The zero-order chi connectivity index (χ0) is 15.9. The van der Waals surface area contributed by atoms with E-state index in [0.717, 1.165) is 11.4 Å². The number of benzene rings is 1. The lowest BCUT2D eigenvalue weighted by Gasteiger charge is -2.13. The molecule has 0 aliphatic heterocycles. The second-order valence-corrected chi connectivity index (χ2v) is 5.65. The van der Waals surface area contributed by atoms with E-state index in [2.05, 4.69) is 34.1 Å². The van der Waals surface area contributed by atoms with Gasteiger partial charge >= 0.3 is 0 Å². The number of hydrogen-bond acceptors (Lipinski definition) is 4. The molecule has 0 amide bonds. The second kappa shape index (κ2) is 7.70. The lowest BCUT2D eigenvalue weighted by atomic mass is 10.1. The van der Waals surface area contributed by atoms with Gasteiger partial charge in [-0.25, -0.2) is 0 Å². The number of nitrogens with zero attached hydrogens (tertiary/aromatic N) is 1. The largest absolute Gasteiger partial charge is 0.497 e. The van der Waals surface area contributed by atoms with Crippen LogP contribution < -0.4 is 20.5 Å². The summed E-state index contributed by atoms with van der Waals surface area (Å²) >= 11 is 1.69. The lowest BCUT2D eigenvalue weighted by Crippen LogP contribution is -2.23. The summed E-state index contributed by atoms with van der Waals surface area (Å²) < 4.78 is 10.5. The maximum absolute atomic E-state index is 5.97. The van der Waals surface area contributed by atoms with Crippen molar-refractivity contribution in [2.45, 2.75) is 12.8 Å². The number of methoxy groups -OCH3 is 2. The van der Waals surface area contributed by atoms with Crippen molar-refractivity contribution in [1.29, 1.82) is 0 Å². The SMILES string of the molecule is COc1ccc(OC)c(NC(N)=NCC(C)c2ccsc2)c1. The van der Waals surface area contributed by atoms with Gasteiger partial charge in [0.1, 0.15) is 11.5 Å². The van der Waals surface area contributed by atoms with Gasteiger partial charge < -0.3 is 20.5 Å². The van der Waals surface area contributed by atoms with Gasteiger partial charge in [-0.15, -0.1) is 0 Å². The molecule has 0 bridgehead atoms. The molecule has 1 unspecified atom stereocenters. The predicted molar refractivity (Wildman–Crippen MR) is 92.4 cm³/mol. The number of anilines is 1. The van der Waals surface area contributed by atoms with E-state index in [1.165, 1.54) is 5.56 Å². The Kier molecular flexibility index (Phi) is 5.66. The molecule has 1 aromatic carbocycles. The van der Waals surface area contributed by atoms with Gasteiger partial charge in [-0.2, -0.15) is 11.3 Å². The number of rotatable bonds is 6. The summed E-state index contributed by atoms with van der Waals surface area (Å²) in [5.74, 6) is 2.10. The number of thiophene rings is 1. The van der Waals surface area contributed by atoms with Gasteiger partial charge in [0.05, 0.1) is 19.9 Å². The Hall–Kier alpha value is -2.21. The Morgan fingerprint density at radius 3 is 2.77 bits per heavy atom. The molecule has 0 aliphatic carbocycles. The highest BCUT2D eigenvalue weighted by atomic mass is 32.1. The minimum Gasteiger partial charge on any atom is -0.497 e. The van der Waals surface area contributed by atoms with Crippen LogP contribution in [0.25, 0.3) is 0 Å². The van der Waals surface area contributed by atoms with Gasteiger partial charge in [-0.05, 0) is 34.5 Å². The first kappa shape index (κ1) is 16.2. The maximum Gasteiger partial charge on any atom is 0.193 e. The van der Waals surface area contributed by atoms with Crippen molar-refractivity contribution in [1.82, 2.24) is 0 Å². The van der Waals surface area contributed by atoms with Gasteiger partial charge in [-0.1, -0.05) is 6.92 Å². The van der Waals surface area contributed by atoms with E-state index in [4.69, 9.17) is 15.2 Å². The molecule has 0 radical (unpaired) electrons. The fourth-order valence-corrected chi connectivity index (χ4v) is 2.77. The van der Waals surface area contributed by atoms with Crippen molar-refractivity contribution in [3.8, 4) is 11.5 Å². The van der Waals surface area contributed by atoms with Crippen molar-refractivity contribution < 1.29 is 9.47 Å². The lowest BCUT2D eigenvalue weighted by molar-refractivity contribution is 0.405. The van der Waals surface area contributed by atoms with E-state index in [-0.39, 0.29) is 0 Å². The molecule has 1 atom stereocenters. The van der Waals surface area contributed by atoms with Crippen LogP contribution in [0.1, 0.15) is 18.4 Å². The topological polar surface area (TPSA) is 68.9 Å². The third kappa shape index (κ3) is 4.14. The Labute approximate surface area is 134 Å². The van der Waals surface area contributed by atoms with Gasteiger partial charge in [0, 0.05) is 18.5 Å². The first-order valence-electron chi connectivity index (χ1n) is 6.95. The van der Waals surface area contributed by atoms with Crippen molar-refractivity contribution >= 4 is 23.0 Å². The zero-order valence-electron chi connectivity index (χ0n) is 13.0. The minimum atomic E-state index is 0.332. The smallest absolute Gasteiger partial charge is 0.193 e. The van der Waals surface area contributed by atoms with Crippen LogP contribution in [0.4, 0.5) is 5.69 Å². The molecule has 0 saturated heterocycles. The summed E-state index contributed by atoms with van der Waals surface area (Å²) in [5, 5.41) is 7.26. The molecule has 0 spiro atoms. The molecular weight excluding hydrogens is 298 g/mol. The van der Waals surface area contributed by atoms with Crippen molar-refractivity contribution in [3.63, 3.8) is 0 Å². The van der Waals surface area contributed by atoms with E-state index >= 15 is 0 Å². The standard InChI is InChI=1S/C16H21N3O2S/c1-11(12-6-7-22-10-12)9-18-16(17)19-14-8-13(20-2)4-5-15(14)21-3/h4-8,10-11H,9H2,1-3H3,(H3,17,18,19). The number of aliphatic imine (C=N–C) groups is 1. The van der Waals surface area contributed by atoms with Crippen LogP contribution in [0.5, 0.6) is 11.5 Å². The van der Waals surface area contributed by atoms with Crippen LogP contribution >= 0.6 is 11.3 Å². The molecule has 118 valence electrons. The minimum absolute atomic E-state index is 0.332. The van der Waals surface area contributed by atoms with Crippen LogP contribution in [-0.4, -0.2) is 26.7 Å². The molecular formula is C16H21N3O2S. The van der Waals surface area contributed by atoms with E-state index in [1.54, 1.807) is 25.6 Å². The number of nitrogens with two attached hydrogens (primary N) is 1. The summed E-state index contributed by atoms with van der Waals surface area (Å²) in [5.41, 5.74) is 7.97. The quantitative estimate of drug-likeness (QED) is 0.633. The Morgan fingerprint density at radius 2 is 2.14 bits per heavy atom. The molecule has 2 aromatic rings. The molecule has 3 N–H and O–H groups in total. The average Bonchev–Trinajstić information content (AvgIpc) is 3.07. The Morgan fingerprint density at radius 1 is 1.32 bits per heavy atom. The fraction of sp³-hybridized carbons (Fsp3) is 0.312. The highest BCUT2D eigenvalue weighted by Crippen LogP contribution is 2.28. The zero-order valence-corrected chi connectivity index (χ0v) is 13.8. The average molecular weight is 319 g/mol. The molecule has 2 rings (SSSR count).